The van der Waals surface area contributed by atoms with Crippen molar-refractivity contribution >= 4 is 11.6 Å². The summed E-state index contributed by atoms with van der Waals surface area (Å²) in [6.07, 6.45) is 3.59. The molecule has 6 heteroatoms. The van der Waals surface area contributed by atoms with E-state index < -0.39 is 0 Å². The van der Waals surface area contributed by atoms with E-state index in [-0.39, 0.29) is 0 Å². The van der Waals surface area contributed by atoms with Gasteiger partial charge in [-0.25, -0.2) is 4.98 Å². The lowest BCUT2D eigenvalue weighted by atomic mass is 10.2. The van der Waals surface area contributed by atoms with Gasteiger partial charge in [-0.15, -0.1) is 10.2 Å². The van der Waals surface area contributed by atoms with Gasteiger partial charge in [0.05, 0.1) is 13.7 Å². The quantitative estimate of drug-likeness (QED) is 0.834. The number of halogens is 1. The monoisotopic (exact) mass is 266 g/mol. The van der Waals surface area contributed by atoms with Crippen LogP contribution in [0.25, 0.3) is 0 Å². The van der Waals surface area contributed by atoms with Crippen LogP contribution in [0, 0.1) is 0 Å². The van der Waals surface area contributed by atoms with Crippen LogP contribution in [0.5, 0.6) is 5.88 Å². The van der Waals surface area contributed by atoms with Crippen molar-refractivity contribution in [3.05, 3.63) is 35.0 Å². The lowest BCUT2D eigenvalue weighted by Gasteiger charge is -2.08. The van der Waals surface area contributed by atoms with Crippen molar-refractivity contribution in [3.8, 4) is 5.88 Å². The Morgan fingerprint density at radius 3 is 2.94 bits per heavy atom. The lowest BCUT2D eigenvalue weighted by molar-refractivity contribution is 0.397. The molecule has 0 aliphatic rings. The highest BCUT2D eigenvalue weighted by Gasteiger charge is 2.10. The van der Waals surface area contributed by atoms with E-state index in [1.165, 1.54) is 0 Å². The zero-order chi connectivity index (χ0) is 13.0. The maximum atomic E-state index is 6.05. The molecule has 2 rings (SSSR count). The third kappa shape index (κ3) is 2.79. The van der Waals surface area contributed by atoms with Crippen LogP contribution in [0.4, 0.5) is 0 Å². The van der Waals surface area contributed by atoms with Gasteiger partial charge >= 0.3 is 0 Å². The van der Waals surface area contributed by atoms with Gasteiger partial charge in [0.1, 0.15) is 5.82 Å². The molecule has 2 aromatic heterocycles. The second-order valence-electron chi connectivity index (χ2n) is 3.93. The second-order valence-corrected chi connectivity index (χ2v) is 4.27. The van der Waals surface area contributed by atoms with Crippen LogP contribution in [-0.2, 0) is 13.0 Å². The maximum absolute atomic E-state index is 6.05. The summed E-state index contributed by atoms with van der Waals surface area (Å²) < 4.78 is 7.00. The Kier molecular flexibility index (Phi) is 4.15. The molecule has 0 spiro atoms. The lowest BCUT2D eigenvalue weighted by Crippen LogP contribution is -2.06. The highest BCUT2D eigenvalue weighted by Crippen LogP contribution is 2.15. The Bertz CT molecular complexity index is 527. The van der Waals surface area contributed by atoms with Crippen LogP contribution in [0.2, 0.25) is 5.28 Å². The number of aromatic nitrogens is 4. The van der Waals surface area contributed by atoms with Crippen molar-refractivity contribution < 1.29 is 4.74 Å². The molecule has 18 heavy (non-hydrogen) atoms. The molecule has 96 valence electrons. The molecule has 0 N–H and O–H groups in total. The van der Waals surface area contributed by atoms with Gasteiger partial charge in [0, 0.05) is 18.7 Å². The predicted octanol–water partition coefficient (Wildman–Crippen LogP) is 2.34. The second kappa shape index (κ2) is 5.82. The van der Waals surface area contributed by atoms with Crippen LogP contribution in [0.3, 0.4) is 0 Å². The maximum Gasteiger partial charge on any atom is 0.225 e. The number of methoxy groups -OCH3 is 1. The van der Waals surface area contributed by atoms with Crippen LogP contribution >= 0.6 is 11.6 Å². The standard InChI is InChI=1S/C12H15ClN4O/c1-3-4-10-15-16-12(13)17(10)8-9-5-6-14-11(7-9)18-2/h5-7H,3-4,8H2,1-2H3. The summed E-state index contributed by atoms with van der Waals surface area (Å²) in [4.78, 5) is 4.07. The number of aryl methyl sites for hydroxylation is 1. The Morgan fingerprint density at radius 1 is 1.39 bits per heavy atom. The summed E-state index contributed by atoms with van der Waals surface area (Å²) >= 11 is 6.05. The van der Waals surface area contributed by atoms with Crippen LogP contribution in [0.15, 0.2) is 18.3 Å². The molecule has 0 atom stereocenters. The van der Waals surface area contributed by atoms with Crippen molar-refractivity contribution in [1.29, 1.82) is 0 Å². The zero-order valence-corrected chi connectivity index (χ0v) is 11.2. The fraction of sp³-hybridized carbons (Fsp3) is 0.417. The summed E-state index contributed by atoms with van der Waals surface area (Å²) in [5.41, 5.74) is 1.06. The van der Waals surface area contributed by atoms with Crippen molar-refractivity contribution in [3.63, 3.8) is 0 Å². The minimum Gasteiger partial charge on any atom is -0.481 e. The number of rotatable bonds is 5. The van der Waals surface area contributed by atoms with Crippen LogP contribution in [-0.4, -0.2) is 26.9 Å². The first-order valence-corrected chi connectivity index (χ1v) is 6.19. The molecule has 0 aromatic carbocycles. The van der Waals surface area contributed by atoms with Gasteiger partial charge in [0.15, 0.2) is 0 Å². The molecule has 5 nitrogen and oxygen atoms in total. The summed E-state index contributed by atoms with van der Waals surface area (Å²) in [6.45, 7) is 2.72. The van der Waals surface area contributed by atoms with Crippen molar-refractivity contribution in [2.75, 3.05) is 7.11 Å². The number of pyridine rings is 1. The Labute approximate surface area is 111 Å². The highest BCUT2D eigenvalue weighted by atomic mass is 35.5. The molecule has 0 bridgehead atoms. The normalized spacial score (nSPS) is 10.6. The van der Waals surface area contributed by atoms with E-state index in [2.05, 4.69) is 22.1 Å². The Morgan fingerprint density at radius 2 is 2.22 bits per heavy atom. The number of nitrogens with zero attached hydrogens (tertiary/aromatic N) is 4. The first-order chi connectivity index (χ1) is 8.74. The molecular weight excluding hydrogens is 252 g/mol. The largest absolute Gasteiger partial charge is 0.481 e. The molecule has 0 fully saturated rings. The molecule has 0 saturated heterocycles. The van der Waals surface area contributed by atoms with Gasteiger partial charge in [-0.3, -0.25) is 4.57 Å². The fourth-order valence-electron chi connectivity index (χ4n) is 1.72. The minimum absolute atomic E-state index is 0.411. The third-order valence-electron chi connectivity index (χ3n) is 2.60. The van der Waals surface area contributed by atoms with E-state index in [0.717, 1.165) is 24.2 Å². The SMILES string of the molecule is CCCc1nnc(Cl)n1Cc1ccnc(OC)c1. The molecular formula is C12H15ClN4O. The van der Waals surface area contributed by atoms with Gasteiger partial charge in [-0.1, -0.05) is 6.92 Å². The van der Waals surface area contributed by atoms with Crippen molar-refractivity contribution in [2.24, 2.45) is 0 Å². The first kappa shape index (κ1) is 12.8. The van der Waals surface area contributed by atoms with Gasteiger partial charge in [0.2, 0.25) is 11.2 Å². The van der Waals surface area contributed by atoms with E-state index in [0.29, 0.717) is 17.7 Å². The van der Waals surface area contributed by atoms with E-state index in [1.54, 1.807) is 13.3 Å². The highest BCUT2D eigenvalue weighted by molar-refractivity contribution is 6.28. The smallest absolute Gasteiger partial charge is 0.225 e. The Balaban J connectivity index is 2.24. The Hall–Kier alpha value is -1.62. The van der Waals surface area contributed by atoms with Crippen molar-refractivity contribution in [2.45, 2.75) is 26.3 Å². The molecule has 0 aliphatic carbocycles. The first-order valence-electron chi connectivity index (χ1n) is 5.81. The molecule has 0 aliphatic heterocycles. The summed E-state index contributed by atoms with van der Waals surface area (Å²) in [5.74, 6) is 1.49. The molecule has 2 heterocycles. The predicted molar refractivity (Wildman–Crippen MR) is 68.9 cm³/mol. The third-order valence-corrected chi connectivity index (χ3v) is 2.88. The molecule has 0 unspecified atom stereocenters. The molecule has 0 radical (unpaired) electrons. The number of hydrogen-bond acceptors (Lipinski definition) is 4. The van der Waals surface area contributed by atoms with Gasteiger partial charge in [-0.05, 0) is 29.7 Å². The average Bonchev–Trinajstić information content (AvgIpc) is 2.72. The number of hydrogen-bond donors (Lipinski definition) is 0. The van der Waals surface area contributed by atoms with Crippen molar-refractivity contribution in [1.82, 2.24) is 19.7 Å². The fourth-order valence-corrected chi connectivity index (χ4v) is 1.92. The van der Waals surface area contributed by atoms with Crippen LogP contribution in [0.1, 0.15) is 24.7 Å². The summed E-state index contributed by atoms with van der Waals surface area (Å²) in [6, 6.07) is 3.81. The average molecular weight is 267 g/mol. The number of ether oxygens (including phenoxy) is 1. The van der Waals surface area contributed by atoms with E-state index in [1.807, 2.05) is 16.7 Å². The van der Waals surface area contributed by atoms with Gasteiger partial charge in [0.25, 0.3) is 0 Å². The topological polar surface area (TPSA) is 52.8 Å². The van der Waals surface area contributed by atoms with Gasteiger partial charge in [-0.2, -0.15) is 0 Å². The molecule has 0 saturated carbocycles. The molecule has 0 amide bonds. The van der Waals surface area contributed by atoms with E-state index >= 15 is 0 Å². The van der Waals surface area contributed by atoms with Gasteiger partial charge < -0.3 is 4.74 Å². The summed E-state index contributed by atoms with van der Waals surface area (Å²) in [5, 5.41) is 8.40. The zero-order valence-electron chi connectivity index (χ0n) is 10.4. The minimum atomic E-state index is 0.411. The van der Waals surface area contributed by atoms with Crippen LogP contribution < -0.4 is 4.74 Å². The molecule has 2 aromatic rings. The summed E-state index contributed by atoms with van der Waals surface area (Å²) in [7, 11) is 1.60. The van der Waals surface area contributed by atoms with E-state index in [4.69, 9.17) is 16.3 Å². The van der Waals surface area contributed by atoms with E-state index in [9.17, 15) is 0 Å².